The Hall–Kier alpha value is -0.0700. The molecule has 0 saturated heterocycles. The first-order valence-electron chi connectivity index (χ1n) is 2.37. The van der Waals surface area contributed by atoms with E-state index in [2.05, 4.69) is 0 Å². The van der Waals surface area contributed by atoms with Gasteiger partial charge >= 0.3 is 0 Å². The lowest BCUT2D eigenvalue weighted by Crippen LogP contribution is -1.65. The van der Waals surface area contributed by atoms with Crippen molar-refractivity contribution in [2.45, 2.75) is 20.0 Å². The molecule has 6 heavy (non-hydrogen) atoms. The van der Waals surface area contributed by atoms with Crippen LogP contribution >= 0.6 is 0 Å². The van der Waals surface area contributed by atoms with E-state index in [1.54, 1.807) is 0 Å². The second kappa shape index (κ2) is 0.955. The van der Waals surface area contributed by atoms with Gasteiger partial charge in [0.2, 0.25) is 0 Å². The molecule has 0 heterocycles. The first kappa shape index (κ1) is 4.10. The maximum atomic E-state index is 11.9. The summed E-state index contributed by atoms with van der Waals surface area (Å²) < 4.78 is 11.9. The van der Waals surface area contributed by atoms with Gasteiger partial charge in [-0.15, -0.1) is 0 Å². The van der Waals surface area contributed by atoms with Crippen LogP contribution in [0.25, 0.3) is 0 Å². The molecule has 0 bridgehead atoms. The van der Waals surface area contributed by atoms with Crippen molar-refractivity contribution in [2.24, 2.45) is 11.8 Å². The van der Waals surface area contributed by atoms with Crippen LogP contribution in [0.4, 0.5) is 4.39 Å². The molecule has 1 heteroatoms. The molecular weight excluding hydrogens is 79.1 g/mol. The molecule has 1 rings (SSSR count). The SMILES string of the molecule is C[C@@H]1[C@H](C)[C@@H]1F. The Labute approximate surface area is 37.4 Å². The Morgan fingerprint density at radius 2 is 1.33 bits per heavy atom. The summed E-state index contributed by atoms with van der Waals surface area (Å²) in [5, 5.41) is 0. The van der Waals surface area contributed by atoms with Gasteiger partial charge in [0.25, 0.3) is 0 Å². The Morgan fingerprint density at radius 3 is 1.33 bits per heavy atom. The number of hydrogen-bond acceptors (Lipinski definition) is 0. The fourth-order valence-corrected chi connectivity index (χ4v) is 0.602. The quantitative estimate of drug-likeness (QED) is 0.422. The van der Waals surface area contributed by atoms with Crippen LogP contribution in [0.2, 0.25) is 0 Å². The zero-order chi connectivity index (χ0) is 4.73. The van der Waals surface area contributed by atoms with E-state index in [4.69, 9.17) is 0 Å². The molecule has 1 fully saturated rings. The highest BCUT2D eigenvalue weighted by molar-refractivity contribution is 4.90. The van der Waals surface area contributed by atoms with E-state index in [0.717, 1.165) is 0 Å². The minimum absolute atomic E-state index is 0.352. The van der Waals surface area contributed by atoms with Gasteiger partial charge in [-0.2, -0.15) is 0 Å². The summed E-state index contributed by atoms with van der Waals surface area (Å²) in [5.74, 6) is 0.704. The number of halogens is 1. The van der Waals surface area contributed by atoms with Crippen molar-refractivity contribution in [3.63, 3.8) is 0 Å². The van der Waals surface area contributed by atoms with Crippen molar-refractivity contribution in [3.8, 4) is 0 Å². The molecule has 1 aliphatic rings. The van der Waals surface area contributed by atoms with Crippen LogP contribution in [0.15, 0.2) is 0 Å². The smallest absolute Gasteiger partial charge is 0.106 e. The van der Waals surface area contributed by atoms with Crippen LogP contribution in [0.1, 0.15) is 13.8 Å². The van der Waals surface area contributed by atoms with Gasteiger partial charge in [0.15, 0.2) is 0 Å². The summed E-state index contributed by atoms with van der Waals surface area (Å²) in [6, 6.07) is 0. The highest BCUT2D eigenvalue weighted by Crippen LogP contribution is 2.40. The van der Waals surface area contributed by atoms with Crippen LogP contribution in [0.5, 0.6) is 0 Å². The molecule has 0 aliphatic heterocycles. The van der Waals surface area contributed by atoms with Crippen LogP contribution in [0.3, 0.4) is 0 Å². The molecule has 3 atom stereocenters. The first-order chi connectivity index (χ1) is 2.73. The average molecular weight is 88.1 g/mol. The molecule has 1 saturated carbocycles. The average Bonchev–Trinajstić information content (AvgIpc) is 1.94. The van der Waals surface area contributed by atoms with Crippen molar-refractivity contribution in [1.29, 1.82) is 0 Å². The fourth-order valence-electron chi connectivity index (χ4n) is 0.602. The molecule has 36 valence electrons. The molecule has 0 amide bonds. The molecule has 0 spiro atoms. The summed E-state index contributed by atoms with van der Waals surface area (Å²) in [4.78, 5) is 0. The van der Waals surface area contributed by atoms with Crippen LogP contribution in [0, 0.1) is 11.8 Å². The van der Waals surface area contributed by atoms with Crippen LogP contribution < -0.4 is 0 Å². The second-order valence-corrected chi connectivity index (χ2v) is 2.16. The molecule has 0 aromatic carbocycles. The Balaban J connectivity index is 2.31. The maximum absolute atomic E-state index is 11.9. The maximum Gasteiger partial charge on any atom is 0.106 e. The fraction of sp³-hybridized carbons (Fsp3) is 1.00. The van der Waals surface area contributed by atoms with Crippen molar-refractivity contribution >= 4 is 0 Å². The molecule has 0 unspecified atom stereocenters. The topological polar surface area (TPSA) is 0 Å². The summed E-state index contributed by atoms with van der Waals surface area (Å²) in [7, 11) is 0. The summed E-state index contributed by atoms with van der Waals surface area (Å²) in [5.41, 5.74) is 0. The second-order valence-electron chi connectivity index (χ2n) is 2.16. The largest absolute Gasteiger partial charge is 0.247 e. The van der Waals surface area contributed by atoms with Crippen molar-refractivity contribution in [2.75, 3.05) is 0 Å². The lowest BCUT2D eigenvalue weighted by atomic mass is 10.4. The van der Waals surface area contributed by atoms with E-state index in [1.165, 1.54) is 0 Å². The van der Waals surface area contributed by atoms with Gasteiger partial charge in [-0.25, -0.2) is 4.39 Å². The lowest BCUT2D eigenvalue weighted by Gasteiger charge is -1.64. The normalized spacial score (nSPS) is 55.5. The number of rotatable bonds is 0. The third-order valence-corrected chi connectivity index (χ3v) is 1.69. The molecule has 1 aliphatic carbocycles. The first-order valence-corrected chi connectivity index (χ1v) is 2.37. The predicted molar refractivity (Wildman–Crippen MR) is 23.2 cm³/mol. The van der Waals surface area contributed by atoms with Gasteiger partial charge in [-0.3, -0.25) is 0 Å². The van der Waals surface area contributed by atoms with E-state index >= 15 is 0 Å². The highest BCUT2D eigenvalue weighted by atomic mass is 19.1. The minimum atomic E-state index is -0.481. The van der Waals surface area contributed by atoms with Crippen molar-refractivity contribution < 1.29 is 4.39 Å². The van der Waals surface area contributed by atoms with Crippen molar-refractivity contribution in [1.82, 2.24) is 0 Å². The van der Waals surface area contributed by atoms with E-state index in [0.29, 0.717) is 11.8 Å². The molecule has 0 N–H and O–H groups in total. The summed E-state index contributed by atoms with van der Waals surface area (Å²) >= 11 is 0. The Kier molecular flexibility index (Phi) is 0.652. The lowest BCUT2D eigenvalue weighted by molar-refractivity contribution is 0.440. The third kappa shape index (κ3) is 0.342. The molecule has 0 nitrogen and oxygen atoms in total. The Morgan fingerprint density at radius 1 is 1.17 bits per heavy atom. The number of hydrogen-bond donors (Lipinski definition) is 0. The van der Waals surface area contributed by atoms with Gasteiger partial charge in [0.05, 0.1) is 0 Å². The molecule has 0 radical (unpaired) electrons. The third-order valence-electron chi connectivity index (χ3n) is 1.69. The Bertz CT molecular complexity index is 40.7. The van der Waals surface area contributed by atoms with E-state index in [-0.39, 0.29) is 0 Å². The van der Waals surface area contributed by atoms with Gasteiger partial charge in [0.1, 0.15) is 6.17 Å². The van der Waals surface area contributed by atoms with E-state index < -0.39 is 6.17 Å². The number of alkyl halides is 1. The zero-order valence-electron chi connectivity index (χ0n) is 4.11. The molecule has 0 aromatic heterocycles. The molecular formula is C5H9F. The highest BCUT2D eigenvalue weighted by Gasteiger charge is 2.43. The van der Waals surface area contributed by atoms with Crippen LogP contribution in [-0.4, -0.2) is 6.17 Å². The monoisotopic (exact) mass is 88.1 g/mol. The minimum Gasteiger partial charge on any atom is -0.247 e. The molecule has 0 aromatic rings. The van der Waals surface area contributed by atoms with Crippen LogP contribution in [-0.2, 0) is 0 Å². The van der Waals surface area contributed by atoms with Gasteiger partial charge < -0.3 is 0 Å². The summed E-state index contributed by atoms with van der Waals surface area (Å²) in [6.45, 7) is 3.88. The predicted octanol–water partition coefficient (Wildman–Crippen LogP) is 1.61. The summed E-state index contributed by atoms with van der Waals surface area (Å²) in [6.07, 6.45) is -0.481. The zero-order valence-corrected chi connectivity index (χ0v) is 4.11. The van der Waals surface area contributed by atoms with Crippen molar-refractivity contribution in [3.05, 3.63) is 0 Å². The van der Waals surface area contributed by atoms with Gasteiger partial charge in [-0.05, 0) is 11.8 Å². The van der Waals surface area contributed by atoms with E-state index in [1.807, 2.05) is 13.8 Å². The van der Waals surface area contributed by atoms with Gasteiger partial charge in [-0.1, -0.05) is 13.8 Å². The standard InChI is InChI=1S/C5H9F/c1-3-4(2)5(3)6/h3-5H,1-2H3/t3-,4+,5-. The van der Waals surface area contributed by atoms with E-state index in [9.17, 15) is 4.39 Å². The van der Waals surface area contributed by atoms with Gasteiger partial charge in [0, 0.05) is 0 Å².